The van der Waals surface area contributed by atoms with Crippen molar-refractivity contribution in [3.8, 4) is 0 Å². The van der Waals surface area contributed by atoms with E-state index in [1.807, 2.05) is 25.1 Å². The monoisotopic (exact) mass is 336 g/mol. The van der Waals surface area contributed by atoms with Crippen molar-refractivity contribution < 1.29 is 8.42 Å². The van der Waals surface area contributed by atoms with Crippen molar-refractivity contribution in [3.63, 3.8) is 0 Å². The van der Waals surface area contributed by atoms with E-state index < -0.39 is 10.0 Å². The minimum absolute atomic E-state index is 0.122. The van der Waals surface area contributed by atoms with Gasteiger partial charge in [0.25, 0.3) is 0 Å². The van der Waals surface area contributed by atoms with E-state index in [0.717, 1.165) is 24.2 Å². The first-order chi connectivity index (χ1) is 10.5. The van der Waals surface area contributed by atoms with Crippen LogP contribution >= 0.6 is 11.6 Å². The van der Waals surface area contributed by atoms with E-state index in [9.17, 15) is 8.42 Å². The lowest BCUT2D eigenvalue weighted by atomic mass is 10.1. The average Bonchev–Trinajstić information content (AvgIpc) is 2.95. The molecule has 1 aliphatic rings. The maximum Gasteiger partial charge on any atom is 0.242 e. The minimum Gasteiger partial charge on any atom is -0.309 e. The van der Waals surface area contributed by atoms with Crippen LogP contribution in [0.5, 0.6) is 0 Å². The fourth-order valence-electron chi connectivity index (χ4n) is 2.53. The van der Waals surface area contributed by atoms with Crippen LogP contribution in [0, 0.1) is 6.92 Å². The fraction of sp³-hybridized carbons (Fsp3) is 0.250. The van der Waals surface area contributed by atoms with Crippen LogP contribution in [0.2, 0.25) is 5.02 Å². The second-order valence-electron chi connectivity index (χ2n) is 5.47. The lowest BCUT2D eigenvalue weighted by molar-refractivity contribution is 0.581. The molecular weight excluding hydrogens is 320 g/mol. The van der Waals surface area contributed by atoms with Gasteiger partial charge in [0.05, 0.1) is 5.02 Å². The van der Waals surface area contributed by atoms with Gasteiger partial charge in [0.1, 0.15) is 4.90 Å². The Labute approximate surface area is 135 Å². The predicted octanol–water partition coefficient (Wildman–Crippen LogP) is 2.73. The predicted molar refractivity (Wildman–Crippen MR) is 87.2 cm³/mol. The highest BCUT2D eigenvalue weighted by Gasteiger charge is 2.18. The summed E-state index contributed by atoms with van der Waals surface area (Å²) in [6.07, 6.45) is 0. The Kier molecular flexibility index (Phi) is 4.23. The van der Waals surface area contributed by atoms with Crippen LogP contribution in [0.25, 0.3) is 0 Å². The Morgan fingerprint density at radius 3 is 2.73 bits per heavy atom. The van der Waals surface area contributed by atoms with Crippen LogP contribution < -0.4 is 10.0 Å². The second-order valence-corrected chi connectivity index (χ2v) is 7.61. The fourth-order valence-corrected chi connectivity index (χ4v) is 4.13. The second kappa shape index (κ2) is 6.01. The zero-order chi connectivity index (χ0) is 15.7. The molecule has 0 spiro atoms. The van der Waals surface area contributed by atoms with Crippen LogP contribution in [-0.4, -0.2) is 8.42 Å². The van der Waals surface area contributed by atoms with Crippen LogP contribution in [0.15, 0.2) is 41.3 Å². The highest BCUT2D eigenvalue weighted by atomic mass is 35.5. The van der Waals surface area contributed by atoms with Crippen LogP contribution in [0.3, 0.4) is 0 Å². The van der Waals surface area contributed by atoms with E-state index in [-0.39, 0.29) is 16.5 Å². The molecule has 0 fully saturated rings. The Balaban J connectivity index is 1.79. The van der Waals surface area contributed by atoms with Crippen molar-refractivity contribution in [1.29, 1.82) is 0 Å². The van der Waals surface area contributed by atoms with E-state index in [2.05, 4.69) is 10.0 Å². The Hall–Kier alpha value is -1.40. The topological polar surface area (TPSA) is 58.2 Å². The molecule has 0 unspecified atom stereocenters. The molecule has 22 heavy (non-hydrogen) atoms. The third-order valence-electron chi connectivity index (χ3n) is 3.74. The Morgan fingerprint density at radius 1 is 1.14 bits per heavy atom. The molecular formula is C16H17ClN2O2S. The molecule has 2 aromatic rings. The summed E-state index contributed by atoms with van der Waals surface area (Å²) < 4.78 is 27.4. The number of benzene rings is 2. The normalized spacial score (nSPS) is 14.1. The van der Waals surface area contributed by atoms with Crippen molar-refractivity contribution >= 4 is 21.6 Å². The minimum atomic E-state index is -3.62. The molecule has 0 saturated carbocycles. The number of halogens is 1. The molecule has 116 valence electrons. The zero-order valence-electron chi connectivity index (χ0n) is 12.2. The maximum absolute atomic E-state index is 12.4. The van der Waals surface area contributed by atoms with Crippen LogP contribution in [-0.2, 0) is 29.7 Å². The molecule has 1 aliphatic heterocycles. The van der Waals surface area contributed by atoms with Crippen molar-refractivity contribution in [2.75, 3.05) is 0 Å². The first-order valence-electron chi connectivity index (χ1n) is 7.03. The average molecular weight is 337 g/mol. The molecule has 0 atom stereocenters. The summed E-state index contributed by atoms with van der Waals surface area (Å²) in [5.74, 6) is 0. The molecule has 6 heteroatoms. The van der Waals surface area contributed by atoms with Gasteiger partial charge in [-0.3, -0.25) is 0 Å². The lowest BCUT2D eigenvalue weighted by Crippen LogP contribution is -2.23. The molecule has 0 radical (unpaired) electrons. The molecule has 1 heterocycles. The SMILES string of the molecule is Cc1ccc(Cl)c(S(=O)(=O)NCc2ccc3c(c2)CNC3)c1. The highest BCUT2D eigenvalue weighted by Crippen LogP contribution is 2.23. The largest absolute Gasteiger partial charge is 0.309 e. The summed E-state index contributed by atoms with van der Waals surface area (Å²) in [5, 5.41) is 3.50. The smallest absolute Gasteiger partial charge is 0.242 e. The van der Waals surface area contributed by atoms with Crippen LogP contribution in [0.1, 0.15) is 22.3 Å². The van der Waals surface area contributed by atoms with Gasteiger partial charge >= 0.3 is 0 Å². The van der Waals surface area contributed by atoms with Crippen molar-refractivity contribution in [2.24, 2.45) is 0 Å². The third-order valence-corrected chi connectivity index (χ3v) is 5.63. The molecule has 3 rings (SSSR count). The standard InChI is InChI=1S/C16H17ClN2O2S/c1-11-2-5-15(17)16(6-11)22(20,21)19-8-12-3-4-13-9-18-10-14(13)7-12/h2-7,18-19H,8-10H2,1H3. The summed E-state index contributed by atoms with van der Waals surface area (Å²) in [7, 11) is -3.62. The molecule has 0 aromatic heterocycles. The number of fused-ring (bicyclic) bond motifs is 1. The molecule has 0 amide bonds. The van der Waals surface area contributed by atoms with E-state index >= 15 is 0 Å². The van der Waals surface area contributed by atoms with Gasteiger partial charge in [-0.2, -0.15) is 0 Å². The number of hydrogen-bond donors (Lipinski definition) is 2. The molecule has 2 N–H and O–H groups in total. The van der Waals surface area contributed by atoms with E-state index in [0.29, 0.717) is 0 Å². The van der Waals surface area contributed by atoms with Crippen molar-refractivity contribution in [2.45, 2.75) is 31.5 Å². The van der Waals surface area contributed by atoms with Gasteiger partial charge < -0.3 is 5.32 Å². The summed E-state index contributed by atoms with van der Waals surface area (Å²) >= 11 is 6.01. The van der Waals surface area contributed by atoms with Crippen LogP contribution in [0.4, 0.5) is 0 Å². The first-order valence-corrected chi connectivity index (χ1v) is 8.89. The van der Waals surface area contributed by atoms with E-state index in [4.69, 9.17) is 11.6 Å². The van der Waals surface area contributed by atoms with Gasteiger partial charge in [-0.1, -0.05) is 35.9 Å². The van der Waals surface area contributed by atoms with Gasteiger partial charge in [0, 0.05) is 19.6 Å². The molecule has 0 bridgehead atoms. The summed E-state index contributed by atoms with van der Waals surface area (Å²) in [4.78, 5) is 0.122. The quantitative estimate of drug-likeness (QED) is 0.902. The molecule has 4 nitrogen and oxygen atoms in total. The summed E-state index contributed by atoms with van der Waals surface area (Å²) in [6.45, 7) is 3.79. The summed E-state index contributed by atoms with van der Waals surface area (Å²) in [5.41, 5.74) is 4.29. The number of rotatable bonds is 4. The van der Waals surface area contributed by atoms with E-state index in [1.54, 1.807) is 18.2 Å². The molecule has 0 aliphatic carbocycles. The third kappa shape index (κ3) is 3.17. The molecule has 2 aromatic carbocycles. The number of aryl methyl sites for hydroxylation is 1. The van der Waals surface area contributed by atoms with Crippen molar-refractivity contribution in [3.05, 3.63) is 63.7 Å². The lowest BCUT2D eigenvalue weighted by Gasteiger charge is -2.10. The highest BCUT2D eigenvalue weighted by molar-refractivity contribution is 7.89. The van der Waals surface area contributed by atoms with Gasteiger partial charge in [-0.05, 0) is 41.3 Å². The summed E-state index contributed by atoms with van der Waals surface area (Å²) in [6, 6.07) is 11.0. The maximum atomic E-state index is 12.4. The number of hydrogen-bond acceptors (Lipinski definition) is 3. The number of sulfonamides is 1. The van der Waals surface area contributed by atoms with Gasteiger partial charge in [0.15, 0.2) is 0 Å². The number of nitrogens with one attached hydrogen (secondary N) is 2. The van der Waals surface area contributed by atoms with Gasteiger partial charge in [-0.15, -0.1) is 0 Å². The van der Waals surface area contributed by atoms with Crippen molar-refractivity contribution in [1.82, 2.24) is 10.0 Å². The first kappa shape index (κ1) is 15.5. The molecule has 0 saturated heterocycles. The Bertz CT molecular complexity index is 819. The van der Waals surface area contributed by atoms with Gasteiger partial charge in [0.2, 0.25) is 10.0 Å². The Morgan fingerprint density at radius 2 is 1.91 bits per heavy atom. The van der Waals surface area contributed by atoms with Gasteiger partial charge in [-0.25, -0.2) is 13.1 Å². The van der Waals surface area contributed by atoms with E-state index in [1.165, 1.54) is 11.1 Å². The zero-order valence-corrected chi connectivity index (χ0v) is 13.8.